The van der Waals surface area contributed by atoms with Gasteiger partial charge in [-0.05, 0) is 63.5 Å². The third-order valence-corrected chi connectivity index (χ3v) is 5.77. The largest absolute Gasteiger partial charge is 0.497 e. The lowest BCUT2D eigenvalue weighted by molar-refractivity contribution is -0.138. The molecular formula is C21H31N3O3. The molecule has 2 aliphatic rings. The first-order valence-electron chi connectivity index (χ1n) is 9.95. The number of rotatable bonds is 6. The van der Waals surface area contributed by atoms with Gasteiger partial charge in [-0.2, -0.15) is 0 Å². The monoisotopic (exact) mass is 373 g/mol. The van der Waals surface area contributed by atoms with E-state index in [2.05, 4.69) is 17.3 Å². The lowest BCUT2D eigenvalue weighted by Crippen LogP contribution is -2.50. The summed E-state index contributed by atoms with van der Waals surface area (Å²) in [6, 6.07) is 8.20. The van der Waals surface area contributed by atoms with Crippen molar-refractivity contribution in [3.63, 3.8) is 0 Å². The van der Waals surface area contributed by atoms with Crippen molar-refractivity contribution in [2.24, 2.45) is 5.92 Å². The number of ether oxygens (including phenoxy) is 1. The van der Waals surface area contributed by atoms with Crippen LogP contribution in [-0.2, 0) is 16.0 Å². The van der Waals surface area contributed by atoms with Crippen LogP contribution in [0.25, 0.3) is 0 Å². The van der Waals surface area contributed by atoms with Crippen molar-refractivity contribution in [2.45, 2.75) is 38.1 Å². The van der Waals surface area contributed by atoms with Crippen molar-refractivity contribution in [2.75, 3.05) is 40.3 Å². The fraction of sp³-hybridized carbons (Fsp3) is 0.619. The van der Waals surface area contributed by atoms with Gasteiger partial charge in [0.15, 0.2) is 0 Å². The number of likely N-dealkylation sites (tertiary alicyclic amines) is 2. The van der Waals surface area contributed by atoms with Crippen LogP contribution in [0.2, 0.25) is 0 Å². The van der Waals surface area contributed by atoms with Crippen LogP contribution < -0.4 is 10.1 Å². The second kappa shape index (κ2) is 9.22. The van der Waals surface area contributed by atoms with Crippen LogP contribution in [0, 0.1) is 5.92 Å². The fourth-order valence-electron chi connectivity index (χ4n) is 3.87. The maximum Gasteiger partial charge on any atom is 0.225 e. The summed E-state index contributed by atoms with van der Waals surface area (Å²) >= 11 is 0. The molecule has 1 atom stereocenters. The van der Waals surface area contributed by atoms with E-state index in [0.29, 0.717) is 25.9 Å². The first kappa shape index (κ1) is 19.7. The van der Waals surface area contributed by atoms with E-state index in [-0.39, 0.29) is 23.8 Å². The van der Waals surface area contributed by atoms with Gasteiger partial charge in [0, 0.05) is 25.6 Å². The Morgan fingerprint density at radius 1 is 1.19 bits per heavy atom. The van der Waals surface area contributed by atoms with Crippen molar-refractivity contribution in [1.82, 2.24) is 15.1 Å². The average molecular weight is 373 g/mol. The first-order chi connectivity index (χ1) is 13.0. The van der Waals surface area contributed by atoms with Gasteiger partial charge < -0.3 is 19.9 Å². The van der Waals surface area contributed by atoms with E-state index in [1.54, 1.807) is 7.11 Å². The fourth-order valence-corrected chi connectivity index (χ4v) is 3.87. The molecule has 2 heterocycles. The molecular weight excluding hydrogens is 342 g/mol. The third-order valence-electron chi connectivity index (χ3n) is 5.77. The standard InChI is InChI=1S/C21H31N3O3/c1-23-12-10-18(11-13-23)22-21(26)17-5-8-20(25)24(15-17)14-9-16-3-6-19(27-2)7-4-16/h3-4,6-7,17-18H,5,8-15H2,1-2H3,(H,22,26)/t17-/m0/s1. The number of carbonyl (C=O) groups is 2. The lowest BCUT2D eigenvalue weighted by atomic mass is 9.95. The topological polar surface area (TPSA) is 61.9 Å². The molecule has 6 nitrogen and oxygen atoms in total. The summed E-state index contributed by atoms with van der Waals surface area (Å²) in [4.78, 5) is 29.1. The van der Waals surface area contributed by atoms with E-state index in [9.17, 15) is 9.59 Å². The quantitative estimate of drug-likeness (QED) is 0.824. The van der Waals surface area contributed by atoms with Gasteiger partial charge in [0.25, 0.3) is 0 Å². The minimum Gasteiger partial charge on any atom is -0.497 e. The van der Waals surface area contributed by atoms with E-state index in [0.717, 1.165) is 38.1 Å². The van der Waals surface area contributed by atoms with Crippen LogP contribution in [0.5, 0.6) is 5.75 Å². The summed E-state index contributed by atoms with van der Waals surface area (Å²) in [5.41, 5.74) is 1.17. The number of benzene rings is 1. The van der Waals surface area contributed by atoms with Gasteiger partial charge in [0.2, 0.25) is 11.8 Å². The van der Waals surface area contributed by atoms with Gasteiger partial charge in [-0.25, -0.2) is 0 Å². The minimum atomic E-state index is -0.0850. The zero-order valence-electron chi connectivity index (χ0n) is 16.4. The number of piperidine rings is 2. The number of nitrogens with zero attached hydrogens (tertiary/aromatic N) is 2. The maximum atomic E-state index is 12.7. The molecule has 1 N–H and O–H groups in total. The minimum absolute atomic E-state index is 0.0850. The maximum absolute atomic E-state index is 12.7. The number of hydrogen-bond acceptors (Lipinski definition) is 4. The Morgan fingerprint density at radius 2 is 1.89 bits per heavy atom. The molecule has 148 valence electrons. The Balaban J connectivity index is 1.49. The van der Waals surface area contributed by atoms with Crippen LogP contribution in [-0.4, -0.2) is 68.0 Å². The number of carbonyl (C=O) groups excluding carboxylic acids is 2. The molecule has 2 saturated heterocycles. The van der Waals surface area contributed by atoms with Crippen molar-refractivity contribution < 1.29 is 14.3 Å². The molecule has 6 heteroatoms. The summed E-state index contributed by atoms with van der Waals surface area (Å²) in [7, 11) is 3.77. The van der Waals surface area contributed by atoms with Crippen LogP contribution in [0.1, 0.15) is 31.2 Å². The summed E-state index contributed by atoms with van der Waals surface area (Å²) in [6.45, 7) is 3.25. The molecule has 3 rings (SSSR count). The predicted octanol–water partition coefficient (Wildman–Crippen LogP) is 1.69. The van der Waals surface area contributed by atoms with Crippen molar-refractivity contribution in [3.8, 4) is 5.75 Å². The Hall–Kier alpha value is -2.08. The zero-order chi connectivity index (χ0) is 19.2. The van der Waals surface area contributed by atoms with Gasteiger partial charge in [-0.1, -0.05) is 12.1 Å². The van der Waals surface area contributed by atoms with Crippen LogP contribution in [0.4, 0.5) is 0 Å². The Bertz CT molecular complexity index is 639. The molecule has 2 fully saturated rings. The number of methoxy groups -OCH3 is 1. The SMILES string of the molecule is COc1ccc(CCN2C[C@@H](C(=O)NC3CCN(C)CC3)CCC2=O)cc1. The summed E-state index contributed by atoms with van der Waals surface area (Å²) in [5, 5.41) is 3.21. The highest BCUT2D eigenvalue weighted by molar-refractivity contribution is 5.84. The van der Waals surface area contributed by atoms with Crippen LogP contribution >= 0.6 is 0 Å². The first-order valence-corrected chi connectivity index (χ1v) is 9.95. The van der Waals surface area contributed by atoms with Gasteiger partial charge >= 0.3 is 0 Å². The second-order valence-corrected chi connectivity index (χ2v) is 7.76. The Morgan fingerprint density at radius 3 is 2.56 bits per heavy atom. The van der Waals surface area contributed by atoms with Crippen molar-refractivity contribution in [3.05, 3.63) is 29.8 Å². The van der Waals surface area contributed by atoms with Crippen molar-refractivity contribution >= 4 is 11.8 Å². The van der Waals surface area contributed by atoms with E-state index < -0.39 is 0 Å². The highest BCUT2D eigenvalue weighted by Gasteiger charge is 2.31. The van der Waals surface area contributed by atoms with E-state index in [4.69, 9.17) is 4.74 Å². The molecule has 0 bridgehead atoms. The summed E-state index contributed by atoms with van der Waals surface area (Å²) in [5.74, 6) is 1.02. The molecule has 0 spiro atoms. The highest BCUT2D eigenvalue weighted by Crippen LogP contribution is 2.20. The molecule has 27 heavy (non-hydrogen) atoms. The van der Waals surface area contributed by atoms with Gasteiger partial charge in [0.1, 0.15) is 5.75 Å². The molecule has 2 aliphatic heterocycles. The average Bonchev–Trinajstić information content (AvgIpc) is 2.69. The number of hydrogen-bond donors (Lipinski definition) is 1. The zero-order valence-corrected chi connectivity index (χ0v) is 16.4. The van der Waals surface area contributed by atoms with Gasteiger partial charge in [-0.15, -0.1) is 0 Å². The molecule has 0 radical (unpaired) electrons. The van der Waals surface area contributed by atoms with Gasteiger partial charge in [0.05, 0.1) is 13.0 Å². The molecule has 0 unspecified atom stereocenters. The lowest BCUT2D eigenvalue weighted by Gasteiger charge is -2.34. The Labute approximate surface area is 161 Å². The van der Waals surface area contributed by atoms with Crippen LogP contribution in [0.15, 0.2) is 24.3 Å². The van der Waals surface area contributed by atoms with E-state index in [1.807, 2.05) is 29.2 Å². The van der Waals surface area contributed by atoms with E-state index in [1.165, 1.54) is 5.56 Å². The summed E-state index contributed by atoms with van der Waals surface area (Å²) in [6.07, 6.45) is 3.94. The van der Waals surface area contributed by atoms with Crippen molar-refractivity contribution in [1.29, 1.82) is 0 Å². The van der Waals surface area contributed by atoms with E-state index >= 15 is 0 Å². The van der Waals surface area contributed by atoms with Crippen LogP contribution in [0.3, 0.4) is 0 Å². The molecule has 0 saturated carbocycles. The molecule has 0 aromatic heterocycles. The normalized spacial score (nSPS) is 21.9. The highest BCUT2D eigenvalue weighted by atomic mass is 16.5. The van der Waals surface area contributed by atoms with Gasteiger partial charge in [-0.3, -0.25) is 9.59 Å². The number of nitrogens with one attached hydrogen (secondary N) is 1. The third kappa shape index (κ3) is 5.45. The second-order valence-electron chi connectivity index (χ2n) is 7.76. The summed E-state index contributed by atoms with van der Waals surface area (Å²) < 4.78 is 5.18. The molecule has 1 aromatic carbocycles. The molecule has 2 amide bonds. The predicted molar refractivity (Wildman–Crippen MR) is 105 cm³/mol. The Kier molecular flexibility index (Phi) is 6.72. The number of amides is 2. The molecule has 1 aromatic rings. The molecule has 0 aliphatic carbocycles. The smallest absolute Gasteiger partial charge is 0.225 e.